The zero-order valence-electron chi connectivity index (χ0n) is 72.0. The minimum Gasteiger partial charge on any atom is -0.310 e. The lowest BCUT2D eigenvalue weighted by Gasteiger charge is -2.46. The highest BCUT2D eigenvalue weighted by molar-refractivity contribution is 7.00. The van der Waals surface area contributed by atoms with Crippen LogP contribution >= 0.6 is 0 Å². The van der Waals surface area contributed by atoms with E-state index in [0.717, 1.165) is 119 Å². The van der Waals surface area contributed by atoms with Gasteiger partial charge in [-0.05, 0) is 175 Å². The molecular weight excluding hydrogens is 1330 g/mol. The molecular formula is C102H120BN7. The van der Waals surface area contributed by atoms with E-state index in [2.05, 4.69) is 404 Å². The van der Waals surface area contributed by atoms with Crippen molar-refractivity contribution in [3.63, 3.8) is 0 Å². The van der Waals surface area contributed by atoms with Crippen molar-refractivity contribution < 1.29 is 0 Å². The SMILES string of the molecule is CC(C)(C)c1ccc2c(c1)N(c1c(-c3cc(C(C)(C)C)nc(C(C)(C)C)c3)cccc1-c1cc(C(C)(C)C)nc(C(C)(C)C)c1)c1cc(C(C)(C)C)cc3c1B2c1ccc(-n2c4ccc(C(C)(C)C)cc4c4cc(C(C)(C)C)ccc42)cc1N3c1c(-c2cccc(C(C)(C)C)n2)cccc1-c1cccc(C(C)(C)C)n1. The number of nitrogens with zero attached hydrogens (tertiary/aromatic N) is 7. The van der Waals surface area contributed by atoms with Gasteiger partial charge in [0.05, 0.1) is 33.8 Å². The number of benzene rings is 7. The van der Waals surface area contributed by atoms with Crippen LogP contribution in [-0.2, 0) is 54.1 Å². The first-order valence-corrected chi connectivity index (χ1v) is 40.3. The van der Waals surface area contributed by atoms with E-state index in [-0.39, 0.29) is 60.9 Å². The van der Waals surface area contributed by atoms with Crippen molar-refractivity contribution in [2.75, 3.05) is 9.80 Å². The van der Waals surface area contributed by atoms with E-state index in [4.69, 9.17) is 19.9 Å². The Labute approximate surface area is 660 Å². The number of fused-ring (bicyclic) bond motifs is 7. The largest absolute Gasteiger partial charge is 0.310 e. The molecule has 0 spiro atoms. The van der Waals surface area contributed by atoms with Gasteiger partial charge in [0.25, 0.3) is 6.71 Å². The first-order valence-electron chi connectivity index (χ1n) is 40.3. The lowest BCUT2D eigenvalue weighted by atomic mass is 9.33. The Kier molecular flexibility index (Phi) is 18.4. The molecule has 7 nitrogen and oxygen atoms in total. The Balaban J connectivity index is 1.21. The zero-order valence-corrected chi connectivity index (χ0v) is 72.0. The highest BCUT2D eigenvalue weighted by Crippen LogP contribution is 2.55. The molecule has 2 aliphatic rings. The van der Waals surface area contributed by atoms with E-state index < -0.39 is 0 Å². The molecule has 5 aromatic heterocycles. The predicted molar refractivity (Wildman–Crippen MR) is 475 cm³/mol. The van der Waals surface area contributed by atoms with E-state index in [1.165, 1.54) is 60.4 Å². The topological polar surface area (TPSA) is 63.0 Å². The molecule has 566 valence electrons. The Hall–Kier alpha value is -9.40. The number of anilines is 6. The van der Waals surface area contributed by atoms with E-state index in [9.17, 15) is 0 Å². The Morgan fingerprint density at radius 1 is 0.255 bits per heavy atom. The maximum atomic E-state index is 5.77. The molecule has 7 heterocycles. The summed E-state index contributed by atoms with van der Waals surface area (Å²) in [6.07, 6.45) is 0. The summed E-state index contributed by atoms with van der Waals surface area (Å²) < 4.78 is 2.55. The Bertz CT molecular complexity index is 5360. The molecule has 2 aliphatic heterocycles. The summed E-state index contributed by atoms with van der Waals surface area (Å²) in [6.45, 7) is 69.3. The smallest absolute Gasteiger partial charge is 0.252 e. The van der Waals surface area contributed by atoms with Gasteiger partial charge in [-0.1, -0.05) is 287 Å². The van der Waals surface area contributed by atoms with Crippen molar-refractivity contribution in [3.8, 4) is 50.5 Å². The molecule has 0 atom stereocenters. The normalized spacial score (nSPS) is 14.0. The van der Waals surface area contributed by atoms with Crippen molar-refractivity contribution >= 4 is 79.0 Å². The standard InChI is InChI=1S/C102H120BN7/c1-93(2,3)63-44-49-78-72(55-63)73-56-64(94(4,5)6)45-50-79(73)108(78)67-46-48-75-81(60-67)110(92-70(76-39-33-41-84(104-76)97(13,14)15)37-32-38-71(92)77-40-34-42-85(105-77)98(16,17)18)83-59-66(96(10,11)12)58-82-90(83)103(75)74-47-43-65(95(7,8)9)57-80(74)109(82)91-68(61-51-86(99(19,20)21)106-87(52-61)100(22,23)24)35-31-36-69(91)62-53-88(101(25,26)27)107-89(54-62)102(28,29)30/h31-60H,1-30H3. The number of para-hydroxylation sites is 2. The summed E-state index contributed by atoms with van der Waals surface area (Å²) in [6, 6.07) is 71.4. The van der Waals surface area contributed by atoms with Crippen molar-refractivity contribution in [2.24, 2.45) is 0 Å². The number of hydrogen-bond acceptors (Lipinski definition) is 6. The first kappa shape index (κ1) is 77.3. The molecule has 0 amide bonds. The Morgan fingerprint density at radius 2 is 0.573 bits per heavy atom. The molecule has 12 aromatic rings. The van der Waals surface area contributed by atoms with Crippen LogP contribution in [0.25, 0.3) is 72.3 Å². The summed E-state index contributed by atoms with van der Waals surface area (Å²) in [5.41, 5.74) is 31.2. The first-order chi connectivity index (χ1) is 50.8. The summed E-state index contributed by atoms with van der Waals surface area (Å²) in [7, 11) is 0. The van der Waals surface area contributed by atoms with Gasteiger partial charge in [-0.15, -0.1) is 0 Å². The summed E-state index contributed by atoms with van der Waals surface area (Å²) in [4.78, 5) is 28.1. The van der Waals surface area contributed by atoms with Crippen molar-refractivity contribution in [1.82, 2.24) is 24.5 Å². The zero-order chi connectivity index (χ0) is 79.8. The van der Waals surface area contributed by atoms with Gasteiger partial charge < -0.3 is 14.4 Å². The van der Waals surface area contributed by atoms with Gasteiger partial charge in [-0.3, -0.25) is 19.9 Å². The summed E-state index contributed by atoms with van der Waals surface area (Å²) in [5.74, 6) is 0. The molecule has 0 unspecified atom stereocenters. The maximum absolute atomic E-state index is 5.77. The molecule has 0 fully saturated rings. The monoisotopic (exact) mass is 1450 g/mol. The molecule has 110 heavy (non-hydrogen) atoms. The summed E-state index contributed by atoms with van der Waals surface area (Å²) >= 11 is 0. The molecule has 0 N–H and O–H groups in total. The van der Waals surface area contributed by atoms with Gasteiger partial charge in [-0.25, -0.2) is 0 Å². The van der Waals surface area contributed by atoms with Crippen LogP contribution in [0.2, 0.25) is 0 Å². The van der Waals surface area contributed by atoms with Crippen LogP contribution in [0.1, 0.15) is 264 Å². The molecule has 0 saturated heterocycles. The van der Waals surface area contributed by atoms with Crippen LogP contribution in [-0.4, -0.2) is 31.2 Å². The minimum absolute atomic E-state index is 0.0688. The molecule has 0 saturated carbocycles. The van der Waals surface area contributed by atoms with Crippen molar-refractivity contribution in [3.05, 3.63) is 238 Å². The lowest BCUT2D eigenvalue weighted by molar-refractivity contribution is 0.531. The van der Waals surface area contributed by atoms with Crippen molar-refractivity contribution in [1.29, 1.82) is 0 Å². The number of aromatic nitrogens is 5. The van der Waals surface area contributed by atoms with E-state index in [1.807, 2.05) is 0 Å². The molecule has 0 radical (unpaired) electrons. The highest BCUT2D eigenvalue weighted by Gasteiger charge is 2.47. The van der Waals surface area contributed by atoms with Crippen LogP contribution in [0.15, 0.2) is 182 Å². The molecule has 14 rings (SSSR count). The second-order valence-corrected chi connectivity index (χ2v) is 42.3. The maximum Gasteiger partial charge on any atom is 0.252 e. The third-order valence-corrected chi connectivity index (χ3v) is 23.0. The predicted octanol–water partition coefficient (Wildman–Crippen LogP) is 26.1. The van der Waals surface area contributed by atoms with Crippen LogP contribution < -0.4 is 26.2 Å². The second kappa shape index (κ2) is 26.1. The highest BCUT2D eigenvalue weighted by atomic mass is 15.2. The molecule has 0 bridgehead atoms. The van der Waals surface area contributed by atoms with Crippen LogP contribution in [0.3, 0.4) is 0 Å². The van der Waals surface area contributed by atoms with Crippen LogP contribution in [0, 0.1) is 0 Å². The van der Waals surface area contributed by atoms with Gasteiger partial charge in [0.2, 0.25) is 0 Å². The second-order valence-electron chi connectivity index (χ2n) is 42.3. The fourth-order valence-electron chi connectivity index (χ4n) is 16.1. The average molecular weight is 1450 g/mol. The fourth-order valence-corrected chi connectivity index (χ4v) is 16.1. The fraction of sp³-hybridized carbons (Fsp3) is 0.392. The van der Waals surface area contributed by atoms with Gasteiger partial charge in [0, 0.05) is 128 Å². The molecule has 0 aliphatic carbocycles. The van der Waals surface area contributed by atoms with Gasteiger partial charge in [-0.2, -0.15) is 0 Å². The van der Waals surface area contributed by atoms with Crippen molar-refractivity contribution in [2.45, 2.75) is 262 Å². The van der Waals surface area contributed by atoms with Gasteiger partial charge in [0.1, 0.15) is 0 Å². The third kappa shape index (κ3) is 14.0. The van der Waals surface area contributed by atoms with Crippen LogP contribution in [0.5, 0.6) is 0 Å². The van der Waals surface area contributed by atoms with Gasteiger partial charge in [0.15, 0.2) is 0 Å². The minimum atomic E-state index is -0.368. The van der Waals surface area contributed by atoms with E-state index in [1.54, 1.807) is 0 Å². The molecule has 7 aromatic carbocycles. The lowest BCUT2D eigenvalue weighted by Crippen LogP contribution is -2.61. The van der Waals surface area contributed by atoms with E-state index >= 15 is 0 Å². The van der Waals surface area contributed by atoms with Crippen LogP contribution in [0.4, 0.5) is 34.1 Å². The molecule has 8 heteroatoms. The number of hydrogen-bond donors (Lipinski definition) is 0. The van der Waals surface area contributed by atoms with Gasteiger partial charge >= 0.3 is 0 Å². The number of rotatable bonds is 7. The Morgan fingerprint density at radius 3 is 0.945 bits per heavy atom. The quantitative estimate of drug-likeness (QED) is 0.148. The number of pyridine rings is 4. The third-order valence-electron chi connectivity index (χ3n) is 23.0. The average Bonchev–Trinajstić information content (AvgIpc) is 0.724. The van der Waals surface area contributed by atoms with E-state index in [0.29, 0.717) is 0 Å². The summed E-state index contributed by atoms with van der Waals surface area (Å²) in [5, 5.41) is 2.51.